The average Bonchev–Trinajstić information content (AvgIpc) is 3.39. The van der Waals surface area contributed by atoms with Gasteiger partial charge in [0.2, 0.25) is 5.91 Å². The molecule has 2 aromatic rings. The van der Waals surface area contributed by atoms with E-state index in [0.717, 1.165) is 66.7 Å². The molecule has 0 spiro atoms. The van der Waals surface area contributed by atoms with Crippen LogP contribution in [0.2, 0.25) is 0 Å². The quantitative estimate of drug-likeness (QED) is 0.760. The Kier molecular flexibility index (Phi) is 4.53. The van der Waals surface area contributed by atoms with Gasteiger partial charge in [0, 0.05) is 12.0 Å². The Labute approximate surface area is 186 Å². The molecule has 1 saturated heterocycles. The van der Waals surface area contributed by atoms with E-state index in [1.165, 1.54) is 0 Å². The molecule has 4 aliphatic carbocycles. The van der Waals surface area contributed by atoms with Crippen molar-refractivity contribution in [3.05, 3.63) is 29.3 Å². The maximum absolute atomic E-state index is 13.1. The van der Waals surface area contributed by atoms with E-state index < -0.39 is 0 Å². The van der Waals surface area contributed by atoms with E-state index in [0.29, 0.717) is 30.3 Å². The number of primary amides is 1. The average molecular weight is 440 g/mol. The van der Waals surface area contributed by atoms with Gasteiger partial charge in [-0.3, -0.25) is 9.69 Å². The van der Waals surface area contributed by atoms with Crippen LogP contribution in [0.4, 0.5) is 4.79 Å². The molecule has 164 valence electrons. The summed E-state index contributed by atoms with van der Waals surface area (Å²) in [4.78, 5) is 31.9. The molecule has 3 unspecified atom stereocenters. The zero-order chi connectivity index (χ0) is 21.2. The van der Waals surface area contributed by atoms with E-state index in [1.54, 1.807) is 11.3 Å². The van der Waals surface area contributed by atoms with Crippen LogP contribution in [0.15, 0.2) is 24.3 Å². The monoisotopic (exact) mass is 439 g/mol. The fraction of sp³-hybridized carbons (Fsp3) is 0.625. The van der Waals surface area contributed by atoms with Crippen LogP contribution in [0.25, 0.3) is 10.2 Å². The van der Waals surface area contributed by atoms with Crippen molar-refractivity contribution in [2.45, 2.75) is 51.0 Å². The van der Waals surface area contributed by atoms with Gasteiger partial charge in [-0.15, -0.1) is 11.3 Å². The molecule has 0 radical (unpaired) electrons. The van der Waals surface area contributed by atoms with Gasteiger partial charge in [-0.1, -0.05) is 12.1 Å². The van der Waals surface area contributed by atoms with Gasteiger partial charge in [-0.25, -0.2) is 9.78 Å². The van der Waals surface area contributed by atoms with Gasteiger partial charge < -0.3 is 10.5 Å². The number of aromatic nitrogens is 1. The number of carbonyl (C=O) groups is 2. The Morgan fingerprint density at radius 3 is 2.71 bits per heavy atom. The number of rotatable bonds is 4. The van der Waals surface area contributed by atoms with E-state index in [-0.39, 0.29) is 23.5 Å². The van der Waals surface area contributed by atoms with Crippen LogP contribution in [-0.4, -0.2) is 35.0 Å². The highest BCUT2D eigenvalue weighted by molar-refractivity contribution is 7.18. The summed E-state index contributed by atoms with van der Waals surface area (Å²) in [6, 6.07) is 8.15. The third kappa shape index (κ3) is 3.15. The number of para-hydroxylation sites is 1. The number of benzene rings is 1. The van der Waals surface area contributed by atoms with Crippen LogP contribution in [0.3, 0.4) is 0 Å². The van der Waals surface area contributed by atoms with Crippen molar-refractivity contribution in [2.75, 3.05) is 13.2 Å². The molecular formula is C24H29N3O3S. The van der Waals surface area contributed by atoms with Gasteiger partial charge >= 0.3 is 6.09 Å². The van der Waals surface area contributed by atoms with Crippen LogP contribution < -0.4 is 5.73 Å². The lowest BCUT2D eigenvalue weighted by atomic mass is 9.46. The Balaban J connectivity index is 1.13. The predicted molar refractivity (Wildman–Crippen MR) is 118 cm³/mol. The predicted octanol–water partition coefficient (Wildman–Crippen LogP) is 4.50. The molecule has 1 aromatic carbocycles. The molecule has 5 fully saturated rings. The van der Waals surface area contributed by atoms with E-state index in [2.05, 4.69) is 6.07 Å². The first-order valence-corrected chi connectivity index (χ1v) is 12.4. The summed E-state index contributed by atoms with van der Waals surface area (Å²) >= 11 is 1.68. The molecular weight excluding hydrogens is 410 g/mol. The zero-order valence-corrected chi connectivity index (χ0v) is 18.5. The van der Waals surface area contributed by atoms with Crippen LogP contribution in [0.1, 0.15) is 56.0 Å². The van der Waals surface area contributed by atoms with Gasteiger partial charge in [-0.2, -0.15) is 0 Å². The molecule has 1 aliphatic heterocycles. The van der Waals surface area contributed by atoms with E-state index in [1.807, 2.05) is 23.1 Å². The smallest absolute Gasteiger partial charge is 0.410 e. The number of nitrogens with zero attached hydrogens (tertiary/aromatic N) is 2. The first-order valence-electron chi connectivity index (χ1n) is 11.6. The van der Waals surface area contributed by atoms with Gasteiger partial charge in [0.25, 0.3) is 0 Å². The second kappa shape index (κ2) is 7.19. The second-order valence-electron chi connectivity index (χ2n) is 10.2. The minimum Gasteiger partial charge on any atom is -0.449 e. The van der Waals surface area contributed by atoms with Gasteiger partial charge in [0.15, 0.2) is 0 Å². The van der Waals surface area contributed by atoms with Gasteiger partial charge in [-0.05, 0) is 80.8 Å². The third-order valence-electron chi connectivity index (χ3n) is 8.47. The highest BCUT2D eigenvalue weighted by Gasteiger charge is 2.58. The number of likely N-dealkylation sites (tertiary alicyclic amines) is 1. The lowest BCUT2D eigenvalue weighted by Crippen LogP contribution is -2.56. The van der Waals surface area contributed by atoms with Crippen molar-refractivity contribution >= 4 is 33.6 Å². The number of ether oxygens (including phenoxy) is 1. The van der Waals surface area contributed by atoms with Crippen LogP contribution in [0.5, 0.6) is 0 Å². The largest absolute Gasteiger partial charge is 0.449 e. The number of carbonyl (C=O) groups excluding carboxylic acids is 2. The van der Waals surface area contributed by atoms with Gasteiger partial charge in [0.05, 0.1) is 22.9 Å². The number of thiazole rings is 1. The molecule has 2 heterocycles. The Morgan fingerprint density at radius 1 is 1.19 bits per heavy atom. The summed E-state index contributed by atoms with van der Waals surface area (Å²) in [5.41, 5.74) is 6.52. The number of hydrogen-bond acceptors (Lipinski definition) is 5. The fourth-order valence-corrected chi connectivity index (χ4v) is 8.34. The second-order valence-corrected chi connectivity index (χ2v) is 11.3. The molecule has 7 rings (SSSR count). The summed E-state index contributed by atoms with van der Waals surface area (Å²) in [6.07, 6.45) is 6.77. The molecule has 4 bridgehead atoms. The topological polar surface area (TPSA) is 85.5 Å². The Morgan fingerprint density at radius 2 is 1.97 bits per heavy atom. The summed E-state index contributed by atoms with van der Waals surface area (Å²) in [5, 5.41) is 1.01. The van der Waals surface area contributed by atoms with Crippen molar-refractivity contribution in [1.82, 2.24) is 9.88 Å². The van der Waals surface area contributed by atoms with Crippen molar-refractivity contribution < 1.29 is 14.3 Å². The number of fused-ring (bicyclic) bond motifs is 1. The third-order valence-corrected chi connectivity index (χ3v) is 9.61. The van der Waals surface area contributed by atoms with E-state index in [9.17, 15) is 9.59 Å². The summed E-state index contributed by atoms with van der Waals surface area (Å²) < 4.78 is 7.08. The normalized spacial score (nSPS) is 36.3. The minimum absolute atomic E-state index is 0.0153. The van der Waals surface area contributed by atoms with Crippen molar-refractivity contribution in [2.24, 2.45) is 34.8 Å². The first-order chi connectivity index (χ1) is 15.0. The minimum atomic E-state index is -0.288. The maximum atomic E-state index is 13.1. The van der Waals surface area contributed by atoms with Crippen LogP contribution in [0, 0.1) is 29.1 Å². The zero-order valence-electron chi connectivity index (χ0n) is 17.7. The van der Waals surface area contributed by atoms with Crippen LogP contribution >= 0.6 is 11.3 Å². The summed E-state index contributed by atoms with van der Waals surface area (Å²) in [5.74, 6) is 1.81. The Bertz CT molecular complexity index is 987. The molecule has 5 aliphatic rings. The Hall–Kier alpha value is -2.15. The van der Waals surface area contributed by atoms with Gasteiger partial charge in [0.1, 0.15) is 5.01 Å². The standard InChI is InChI=1S/C24H29N3O3S/c25-22(28)24-10-14-8-15(11-24)17(16(9-14)12-24)13-30-23(29)27-7-3-5-19(27)21-26-18-4-1-2-6-20(18)31-21/h1-2,4,6,14-17,19H,3,5,7-13H2,(H2,25,28). The van der Waals surface area contributed by atoms with Crippen LogP contribution in [-0.2, 0) is 9.53 Å². The van der Waals surface area contributed by atoms with E-state index in [4.69, 9.17) is 15.5 Å². The summed E-state index contributed by atoms with van der Waals surface area (Å²) in [7, 11) is 0. The molecule has 2 amide bonds. The number of amides is 2. The molecule has 4 saturated carbocycles. The molecule has 31 heavy (non-hydrogen) atoms. The lowest BCUT2D eigenvalue weighted by molar-refractivity contribution is -0.152. The highest BCUT2D eigenvalue weighted by Crippen LogP contribution is 2.62. The molecule has 7 heteroatoms. The van der Waals surface area contributed by atoms with E-state index >= 15 is 0 Å². The SMILES string of the molecule is NC(=O)C12CC3CC(C1)C(COC(=O)N1CCCC1c1nc4ccccc4s1)C(C3)C2. The number of hydrogen-bond donors (Lipinski definition) is 1. The molecule has 3 atom stereocenters. The fourth-order valence-electron chi connectivity index (χ4n) is 7.23. The molecule has 1 aromatic heterocycles. The molecule has 6 nitrogen and oxygen atoms in total. The number of nitrogens with two attached hydrogens (primary N) is 1. The van der Waals surface area contributed by atoms with Crippen molar-refractivity contribution in [1.29, 1.82) is 0 Å². The molecule has 2 N–H and O–H groups in total. The first kappa shape index (κ1) is 19.5. The highest BCUT2D eigenvalue weighted by atomic mass is 32.1. The van der Waals surface area contributed by atoms with Crippen molar-refractivity contribution in [3.8, 4) is 0 Å². The lowest BCUT2D eigenvalue weighted by Gasteiger charge is -2.58. The summed E-state index contributed by atoms with van der Waals surface area (Å²) in [6.45, 7) is 1.20. The maximum Gasteiger partial charge on any atom is 0.410 e. The van der Waals surface area contributed by atoms with Crippen molar-refractivity contribution in [3.63, 3.8) is 0 Å².